The Morgan fingerprint density at radius 2 is 2.00 bits per heavy atom. The molecule has 0 aliphatic carbocycles. The first-order chi connectivity index (χ1) is 10.1. The van der Waals surface area contributed by atoms with E-state index in [4.69, 9.17) is 0 Å². The van der Waals surface area contributed by atoms with E-state index in [2.05, 4.69) is 24.1 Å². The fraction of sp³-hybridized carbons (Fsp3) is 0.562. The smallest absolute Gasteiger partial charge is 0.338 e. The maximum atomic E-state index is 11.5. The van der Waals surface area contributed by atoms with E-state index in [-0.39, 0.29) is 0 Å². The molecule has 0 unspecified atom stereocenters. The van der Waals surface area contributed by atoms with Gasteiger partial charge in [-0.25, -0.2) is 4.79 Å². The topological polar surface area (TPSA) is 52.6 Å². The number of hydrogen-bond donors (Lipinski definition) is 2. The first kappa shape index (κ1) is 17.9. The van der Waals surface area contributed by atoms with Crippen LogP contribution in [0, 0.1) is 0 Å². The Kier molecular flexibility index (Phi) is 8.23. The van der Waals surface area contributed by atoms with Crippen molar-refractivity contribution in [1.29, 1.82) is 0 Å². The first-order valence-corrected chi connectivity index (χ1v) is 8.57. The summed E-state index contributed by atoms with van der Waals surface area (Å²) in [5.74, 6) is 0.00360. The van der Waals surface area contributed by atoms with Crippen LogP contribution in [0.4, 0.5) is 5.69 Å². The van der Waals surface area contributed by atoms with Gasteiger partial charge >= 0.3 is 5.97 Å². The molecule has 0 aliphatic heterocycles. The van der Waals surface area contributed by atoms with Crippen molar-refractivity contribution < 1.29 is 9.90 Å². The Bertz CT molecular complexity index is 448. The summed E-state index contributed by atoms with van der Waals surface area (Å²) in [4.78, 5) is 14.7. The number of rotatable bonds is 10. The summed E-state index contributed by atoms with van der Waals surface area (Å²) in [6.07, 6.45) is 1.01. The monoisotopic (exact) mass is 310 g/mol. The maximum absolute atomic E-state index is 11.5. The van der Waals surface area contributed by atoms with Gasteiger partial charge in [-0.05, 0) is 43.9 Å². The van der Waals surface area contributed by atoms with E-state index in [1.807, 2.05) is 25.1 Å². The van der Waals surface area contributed by atoms with Crippen LogP contribution in [0.25, 0.3) is 0 Å². The third kappa shape index (κ3) is 5.59. The molecule has 0 radical (unpaired) electrons. The van der Waals surface area contributed by atoms with Crippen molar-refractivity contribution in [3.8, 4) is 0 Å². The van der Waals surface area contributed by atoms with Gasteiger partial charge < -0.3 is 15.3 Å². The number of carboxylic acids is 1. The molecule has 0 bridgehead atoms. The summed E-state index contributed by atoms with van der Waals surface area (Å²) in [6.45, 7) is 10.3. The van der Waals surface area contributed by atoms with Crippen molar-refractivity contribution in [3.63, 3.8) is 0 Å². The summed E-state index contributed by atoms with van der Waals surface area (Å²) in [5, 5.41) is 12.7. The molecule has 0 aliphatic rings. The number of hydrogen-bond acceptors (Lipinski definition) is 4. The van der Waals surface area contributed by atoms with Gasteiger partial charge in [0.25, 0.3) is 0 Å². The molecule has 0 heterocycles. The number of benzene rings is 1. The van der Waals surface area contributed by atoms with Crippen LogP contribution in [0.3, 0.4) is 0 Å². The standard InChI is InChI=1S/C16H26N2O2S/c1-4-18(5-2)12-8-11-17-13-9-7-10-14(21-6-3)15(13)16(19)20/h7,9-10,17H,4-6,8,11-12H2,1-3H3,(H,19,20). The number of carboxylic acid groups (broad SMARTS) is 1. The molecule has 118 valence electrons. The third-order valence-corrected chi connectivity index (χ3v) is 4.34. The zero-order valence-electron chi connectivity index (χ0n) is 13.2. The lowest BCUT2D eigenvalue weighted by molar-refractivity contribution is 0.0694. The van der Waals surface area contributed by atoms with E-state index in [0.717, 1.165) is 48.9 Å². The van der Waals surface area contributed by atoms with E-state index < -0.39 is 5.97 Å². The zero-order valence-corrected chi connectivity index (χ0v) is 14.0. The van der Waals surface area contributed by atoms with Crippen LogP contribution in [0.5, 0.6) is 0 Å². The van der Waals surface area contributed by atoms with Gasteiger partial charge in [-0.3, -0.25) is 0 Å². The predicted molar refractivity (Wildman–Crippen MR) is 90.7 cm³/mol. The van der Waals surface area contributed by atoms with E-state index in [1.54, 1.807) is 11.8 Å². The lowest BCUT2D eigenvalue weighted by atomic mass is 10.1. The summed E-state index contributed by atoms with van der Waals surface area (Å²) in [7, 11) is 0. The zero-order chi connectivity index (χ0) is 15.7. The van der Waals surface area contributed by atoms with Gasteiger partial charge in [-0.2, -0.15) is 0 Å². The fourth-order valence-electron chi connectivity index (χ4n) is 2.24. The highest BCUT2D eigenvalue weighted by atomic mass is 32.2. The van der Waals surface area contributed by atoms with Crippen LogP contribution in [-0.2, 0) is 0 Å². The average molecular weight is 310 g/mol. The highest BCUT2D eigenvalue weighted by molar-refractivity contribution is 7.99. The number of aromatic carboxylic acids is 1. The number of thioether (sulfide) groups is 1. The van der Waals surface area contributed by atoms with Gasteiger partial charge in [0.2, 0.25) is 0 Å². The van der Waals surface area contributed by atoms with Gasteiger partial charge in [0, 0.05) is 17.1 Å². The molecule has 0 fully saturated rings. The Balaban J connectivity index is 2.66. The average Bonchev–Trinajstić information content (AvgIpc) is 2.47. The molecule has 0 aromatic heterocycles. The molecule has 0 amide bonds. The Hall–Kier alpha value is -1.20. The Labute approximate surface area is 131 Å². The number of anilines is 1. The van der Waals surface area contributed by atoms with Crippen molar-refractivity contribution in [2.24, 2.45) is 0 Å². The van der Waals surface area contributed by atoms with Gasteiger partial charge in [-0.15, -0.1) is 11.8 Å². The minimum Gasteiger partial charge on any atom is -0.478 e. The molecule has 1 aromatic rings. The van der Waals surface area contributed by atoms with Crippen molar-refractivity contribution in [2.75, 3.05) is 37.2 Å². The van der Waals surface area contributed by atoms with Crippen LogP contribution >= 0.6 is 11.8 Å². The molecule has 0 atom stereocenters. The van der Waals surface area contributed by atoms with Gasteiger partial charge in [0.15, 0.2) is 0 Å². The molecule has 1 aromatic carbocycles. The second-order valence-corrected chi connectivity index (χ2v) is 6.03. The van der Waals surface area contributed by atoms with Gasteiger partial charge in [0.05, 0.1) is 5.56 Å². The van der Waals surface area contributed by atoms with Crippen LogP contribution in [0.15, 0.2) is 23.1 Å². The molecular weight excluding hydrogens is 284 g/mol. The van der Waals surface area contributed by atoms with Crippen molar-refractivity contribution in [3.05, 3.63) is 23.8 Å². The molecule has 0 spiro atoms. The number of nitrogens with one attached hydrogen (secondary N) is 1. The van der Waals surface area contributed by atoms with Crippen LogP contribution in [0.2, 0.25) is 0 Å². The van der Waals surface area contributed by atoms with Crippen LogP contribution in [0.1, 0.15) is 37.6 Å². The lowest BCUT2D eigenvalue weighted by Crippen LogP contribution is -2.25. The maximum Gasteiger partial charge on any atom is 0.338 e. The second-order valence-electron chi connectivity index (χ2n) is 4.72. The number of nitrogens with zero attached hydrogens (tertiary/aromatic N) is 1. The molecule has 0 saturated carbocycles. The minimum absolute atomic E-state index is 0.396. The van der Waals surface area contributed by atoms with Crippen LogP contribution in [-0.4, -0.2) is 47.9 Å². The summed E-state index contributed by atoms with van der Waals surface area (Å²) in [5.41, 5.74) is 1.12. The first-order valence-electron chi connectivity index (χ1n) is 7.59. The van der Waals surface area contributed by atoms with Gasteiger partial charge in [0.1, 0.15) is 0 Å². The minimum atomic E-state index is -0.863. The quantitative estimate of drug-likeness (QED) is 0.510. The summed E-state index contributed by atoms with van der Waals surface area (Å²) in [6, 6.07) is 5.64. The predicted octanol–water partition coefficient (Wildman–Crippen LogP) is 3.64. The molecule has 0 saturated heterocycles. The highest BCUT2D eigenvalue weighted by Crippen LogP contribution is 2.28. The molecular formula is C16H26N2O2S. The summed E-state index contributed by atoms with van der Waals surface area (Å²) >= 11 is 1.57. The van der Waals surface area contributed by atoms with Crippen LogP contribution < -0.4 is 5.32 Å². The van der Waals surface area contributed by atoms with Crippen molar-refractivity contribution >= 4 is 23.4 Å². The molecule has 4 nitrogen and oxygen atoms in total. The molecule has 5 heteroatoms. The largest absolute Gasteiger partial charge is 0.478 e. The Morgan fingerprint density at radius 3 is 2.57 bits per heavy atom. The summed E-state index contributed by atoms with van der Waals surface area (Å²) < 4.78 is 0. The van der Waals surface area contributed by atoms with E-state index >= 15 is 0 Å². The Morgan fingerprint density at radius 1 is 1.29 bits per heavy atom. The van der Waals surface area contributed by atoms with Crippen molar-refractivity contribution in [2.45, 2.75) is 32.1 Å². The lowest BCUT2D eigenvalue weighted by Gasteiger charge is -2.18. The third-order valence-electron chi connectivity index (χ3n) is 3.40. The molecule has 21 heavy (non-hydrogen) atoms. The second kappa shape index (κ2) is 9.68. The van der Waals surface area contributed by atoms with E-state index in [1.165, 1.54) is 0 Å². The SMILES string of the molecule is CCSc1cccc(NCCCN(CC)CC)c1C(=O)O. The van der Waals surface area contributed by atoms with Gasteiger partial charge in [-0.1, -0.05) is 26.8 Å². The van der Waals surface area contributed by atoms with E-state index in [9.17, 15) is 9.90 Å². The molecule has 2 N–H and O–H groups in total. The number of carbonyl (C=O) groups is 1. The highest BCUT2D eigenvalue weighted by Gasteiger charge is 2.15. The molecule has 1 rings (SSSR count). The van der Waals surface area contributed by atoms with Crippen molar-refractivity contribution in [1.82, 2.24) is 4.90 Å². The normalized spacial score (nSPS) is 10.9. The fourth-order valence-corrected chi connectivity index (χ4v) is 3.07. The van der Waals surface area contributed by atoms with E-state index in [0.29, 0.717) is 5.56 Å².